The van der Waals surface area contributed by atoms with E-state index in [9.17, 15) is 0 Å². The van der Waals surface area contributed by atoms with E-state index in [1.165, 1.54) is 16.5 Å². The Kier molecular flexibility index (Phi) is 2.71. The summed E-state index contributed by atoms with van der Waals surface area (Å²) in [7, 11) is 3.81. The van der Waals surface area contributed by atoms with Crippen molar-refractivity contribution in [2.24, 2.45) is 7.05 Å². The van der Waals surface area contributed by atoms with E-state index < -0.39 is 0 Å². The molecule has 0 aliphatic heterocycles. The maximum absolute atomic E-state index is 4.35. The molecule has 4 heteroatoms. The maximum Gasteiger partial charge on any atom is 0.126 e. The number of benzene rings is 1. The number of fused-ring (bicyclic) bond motifs is 1. The molecule has 96 valence electrons. The quantitative estimate of drug-likeness (QED) is 0.762. The van der Waals surface area contributed by atoms with E-state index in [0.717, 1.165) is 16.8 Å². The van der Waals surface area contributed by atoms with E-state index >= 15 is 0 Å². The van der Waals surface area contributed by atoms with Crippen LogP contribution >= 0.6 is 0 Å². The Morgan fingerprint density at radius 1 is 1.11 bits per heavy atom. The molecule has 0 saturated heterocycles. The molecular formula is C15H16N4. The fourth-order valence-corrected chi connectivity index (χ4v) is 2.32. The van der Waals surface area contributed by atoms with Crippen molar-refractivity contribution in [3.8, 4) is 11.1 Å². The molecule has 3 rings (SSSR count). The number of nitrogens with zero attached hydrogens (tertiary/aromatic N) is 3. The van der Waals surface area contributed by atoms with Crippen molar-refractivity contribution in [2.45, 2.75) is 6.92 Å². The lowest BCUT2D eigenvalue weighted by atomic mass is 9.99. The lowest BCUT2D eigenvalue weighted by Crippen LogP contribution is -1.92. The summed E-state index contributed by atoms with van der Waals surface area (Å²) in [4.78, 5) is 4.35. The standard InChI is InChI=1S/C15H16N4/c1-10-4-12-7-17-15(16-2)6-11(12)5-14(10)13-8-18-19(3)9-13/h4-9H,1-3H3,(H,16,17). The zero-order valence-corrected chi connectivity index (χ0v) is 11.3. The van der Waals surface area contributed by atoms with E-state index in [2.05, 4.69) is 40.5 Å². The van der Waals surface area contributed by atoms with Crippen LogP contribution in [0, 0.1) is 6.92 Å². The van der Waals surface area contributed by atoms with E-state index in [4.69, 9.17) is 0 Å². The Labute approximate surface area is 112 Å². The topological polar surface area (TPSA) is 42.7 Å². The van der Waals surface area contributed by atoms with Gasteiger partial charge in [-0.15, -0.1) is 0 Å². The minimum Gasteiger partial charge on any atom is -0.373 e. The Hall–Kier alpha value is -2.36. The smallest absolute Gasteiger partial charge is 0.126 e. The van der Waals surface area contributed by atoms with Crippen LogP contribution in [0.5, 0.6) is 0 Å². The minimum absolute atomic E-state index is 0.883. The Morgan fingerprint density at radius 3 is 2.63 bits per heavy atom. The monoisotopic (exact) mass is 252 g/mol. The largest absolute Gasteiger partial charge is 0.373 e. The van der Waals surface area contributed by atoms with Gasteiger partial charge >= 0.3 is 0 Å². The van der Waals surface area contributed by atoms with Gasteiger partial charge < -0.3 is 5.32 Å². The van der Waals surface area contributed by atoms with Crippen molar-refractivity contribution < 1.29 is 0 Å². The summed E-state index contributed by atoms with van der Waals surface area (Å²) in [5, 5.41) is 9.65. The van der Waals surface area contributed by atoms with Gasteiger partial charge in [0.25, 0.3) is 0 Å². The average molecular weight is 252 g/mol. The third-order valence-corrected chi connectivity index (χ3v) is 3.34. The Morgan fingerprint density at radius 2 is 1.95 bits per heavy atom. The highest BCUT2D eigenvalue weighted by Crippen LogP contribution is 2.28. The van der Waals surface area contributed by atoms with Gasteiger partial charge in [-0.25, -0.2) is 4.98 Å². The lowest BCUT2D eigenvalue weighted by molar-refractivity contribution is 0.768. The van der Waals surface area contributed by atoms with Crippen molar-refractivity contribution in [3.05, 3.63) is 42.4 Å². The van der Waals surface area contributed by atoms with Gasteiger partial charge in [-0.1, -0.05) is 0 Å². The van der Waals surface area contributed by atoms with Crippen LogP contribution in [0.15, 0.2) is 36.8 Å². The summed E-state index contributed by atoms with van der Waals surface area (Å²) < 4.78 is 1.82. The molecule has 0 aliphatic carbocycles. The molecule has 19 heavy (non-hydrogen) atoms. The van der Waals surface area contributed by atoms with Crippen molar-refractivity contribution >= 4 is 16.6 Å². The minimum atomic E-state index is 0.883. The fourth-order valence-electron chi connectivity index (χ4n) is 2.32. The lowest BCUT2D eigenvalue weighted by Gasteiger charge is -2.07. The second-order valence-corrected chi connectivity index (χ2v) is 4.74. The van der Waals surface area contributed by atoms with Crippen molar-refractivity contribution in [1.82, 2.24) is 14.8 Å². The van der Waals surface area contributed by atoms with Crippen LogP contribution in [-0.4, -0.2) is 21.8 Å². The molecule has 0 spiro atoms. The summed E-state index contributed by atoms with van der Waals surface area (Å²) in [5.74, 6) is 0.883. The maximum atomic E-state index is 4.35. The third kappa shape index (κ3) is 2.05. The molecular weight excluding hydrogens is 236 g/mol. The van der Waals surface area contributed by atoms with Gasteiger partial charge in [-0.2, -0.15) is 5.10 Å². The zero-order chi connectivity index (χ0) is 13.4. The predicted molar refractivity (Wildman–Crippen MR) is 78.2 cm³/mol. The van der Waals surface area contributed by atoms with Crippen molar-refractivity contribution in [1.29, 1.82) is 0 Å². The number of hydrogen-bond acceptors (Lipinski definition) is 3. The van der Waals surface area contributed by atoms with Crippen molar-refractivity contribution in [2.75, 3.05) is 12.4 Å². The second kappa shape index (κ2) is 4.39. The van der Waals surface area contributed by atoms with Crippen LogP contribution in [0.2, 0.25) is 0 Å². The van der Waals surface area contributed by atoms with Crippen LogP contribution in [0.4, 0.5) is 5.82 Å². The van der Waals surface area contributed by atoms with Gasteiger partial charge in [0.15, 0.2) is 0 Å². The first kappa shape index (κ1) is 11.7. The Balaban J connectivity index is 2.22. The molecule has 4 nitrogen and oxygen atoms in total. The molecule has 0 saturated carbocycles. The summed E-state index contributed by atoms with van der Waals surface area (Å²) in [6.07, 6.45) is 5.84. The van der Waals surface area contributed by atoms with E-state index in [-0.39, 0.29) is 0 Å². The molecule has 0 atom stereocenters. The van der Waals surface area contributed by atoms with Gasteiger partial charge in [-0.05, 0) is 41.6 Å². The molecule has 0 unspecified atom stereocenters. The molecule has 0 bridgehead atoms. The van der Waals surface area contributed by atoms with Gasteiger partial charge in [0, 0.05) is 37.4 Å². The zero-order valence-electron chi connectivity index (χ0n) is 11.3. The van der Waals surface area contributed by atoms with E-state index in [1.807, 2.05) is 37.4 Å². The molecule has 2 heterocycles. The summed E-state index contributed by atoms with van der Waals surface area (Å²) in [5.41, 5.74) is 3.60. The second-order valence-electron chi connectivity index (χ2n) is 4.74. The van der Waals surface area contributed by atoms with Gasteiger partial charge in [-0.3, -0.25) is 4.68 Å². The molecule has 0 amide bonds. The van der Waals surface area contributed by atoms with Crippen LogP contribution < -0.4 is 5.32 Å². The first-order valence-electron chi connectivity index (χ1n) is 6.24. The molecule has 3 aromatic rings. The Bertz CT molecular complexity index is 743. The number of rotatable bonds is 2. The number of pyridine rings is 1. The number of hydrogen-bond donors (Lipinski definition) is 1. The molecule has 1 N–H and O–H groups in total. The van der Waals surface area contributed by atoms with Crippen LogP contribution in [-0.2, 0) is 7.05 Å². The molecule has 0 radical (unpaired) electrons. The van der Waals surface area contributed by atoms with Crippen LogP contribution in [0.3, 0.4) is 0 Å². The fraction of sp³-hybridized carbons (Fsp3) is 0.200. The summed E-state index contributed by atoms with van der Waals surface area (Å²) >= 11 is 0. The highest BCUT2D eigenvalue weighted by Gasteiger charge is 2.07. The summed E-state index contributed by atoms with van der Waals surface area (Å²) in [6, 6.07) is 6.43. The van der Waals surface area contributed by atoms with Crippen LogP contribution in [0.25, 0.3) is 21.9 Å². The normalized spacial score (nSPS) is 10.9. The highest BCUT2D eigenvalue weighted by atomic mass is 15.2. The van der Waals surface area contributed by atoms with Gasteiger partial charge in [0.2, 0.25) is 0 Å². The van der Waals surface area contributed by atoms with E-state index in [0.29, 0.717) is 0 Å². The van der Waals surface area contributed by atoms with Crippen molar-refractivity contribution in [3.63, 3.8) is 0 Å². The number of aryl methyl sites for hydroxylation is 2. The first-order valence-corrected chi connectivity index (χ1v) is 6.24. The van der Waals surface area contributed by atoms with Crippen LogP contribution in [0.1, 0.15) is 5.56 Å². The first-order chi connectivity index (χ1) is 9.17. The number of anilines is 1. The predicted octanol–water partition coefficient (Wildman–Crippen LogP) is 2.99. The molecule has 0 aliphatic rings. The highest BCUT2D eigenvalue weighted by molar-refractivity contribution is 5.89. The summed E-state index contributed by atoms with van der Waals surface area (Å²) in [6.45, 7) is 2.12. The van der Waals surface area contributed by atoms with E-state index in [1.54, 1.807) is 0 Å². The average Bonchev–Trinajstić information content (AvgIpc) is 2.84. The molecule has 1 aromatic carbocycles. The molecule has 2 aromatic heterocycles. The van der Waals surface area contributed by atoms with Gasteiger partial charge in [0.05, 0.1) is 6.20 Å². The third-order valence-electron chi connectivity index (χ3n) is 3.34. The number of nitrogens with one attached hydrogen (secondary N) is 1. The van der Waals surface area contributed by atoms with Gasteiger partial charge in [0.1, 0.15) is 5.82 Å². The SMILES string of the molecule is CNc1cc2cc(-c3cnn(C)c3)c(C)cc2cn1. The molecule has 0 fully saturated rings. The number of aromatic nitrogens is 3.